The molecule has 0 aromatic heterocycles. The Morgan fingerprint density at radius 3 is 2.44 bits per heavy atom. The molecule has 1 unspecified atom stereocenters. The molecule has 0 saturated carbocycles. The van der Waals surface area contributed by atoms with Gasteiger partial charge in [0.05, 0.1) is 10.1 Å². The highest BCUT2D eigenvalue weighted by molar-refractivity contribution is 6.44. The summed E-state index contributed by atoms with van der Waals surface area (Å²) in [5.74, 6) is 0. The highest BCUT2D eigenvalue weighted by atomic mass is 35.5. The summed E-state index contributed by atoms with van der Waals surface area (Å²) in [5, 5.41) is 0.816. The van der Waals surface area contributed by atoms with Gasteiger partial charge in [0.1, 0.15) is 6.26 Å². The van der Waals surface area contributed by atoms with Crippen molar-refractivity contribution in [1.82, 2.24) is 0 Å². The molecule has 1 rings (SSSR count). The van der Waals surface area contributed by atoms with Crippen molar-refractivity contribution in [2.45, 2.75) is 5.56 Å². The van der Waals surface area contributed by atoms with E-state index in [4.69, 9.17) is 39.5 Å². The van der Waals surface area contributed by atoms with Crippen LogP contribution in [-0.2, 0) is 4.74 Å². The molecule has 1 aliphatic heterocycles. The first-order valence-electron chi connectivity index (χ1n) is 2.23. The first-order valence-corrected chi connectivity index (χ1v) is 3.42. The third-order valence-corrected chi connectivity index (χ3v) is 1.75. The van der Waals surface area contributed by atoms with E-state index >= 15 is 0 Å². The van der Waals surface area contributed by atoms with Gasteiger partial charge >= 0.3 is 0 Å². The van der Waals surface area contributed by atoms with Gasteiger partial charge in [0.25, 0.3) is 0 Å². The maximum atomic E-state index is 5.56. The molecule has 4 heteroatoms. The number of ether oxygens (including phenoxy) is 1. The molecule has 9 heavy (non-hydrogen) atoms. The molecular weight excluding hydrogens is 182 g/mol. The Kier molecular flexibility index (Phi) is 2.28. The molecule has 1 atom stereocenters. The van der Waals surface area contributed by atoms with Crippen LogP contribution < -0.4 is 0 Å². The maximum Gasteiger partial charge on any atom is 0.191 e. The van der Waals surface area contributed by atoms with E-state index in [1.54, 1.807) is 0 Å². The smallest absolute Gasteiger partial charge is 0.191 e. The van der Waals surface area contributed by atoms with Crippen LogP contribution in [0.1, 0.15) is 0 Å². The molecule has 0 fully saturated rings. The van der Waals surface area contributed by atoms with Crippen molar-refractivity contribution < 1.29 is 4.74 Å². The Morgan fingerprint density at radius 1 is 1.33 bits per heavy atom. The van der Waals surface area contributed by atoms with Crippen LogP contribution in [0.4, 0.5) is 0 Å². The normalized spacial score (nSPS) is 26.3. The fourth-order valence-electron chi connectivity index (χ4n) is 0.415. The van der Waals surface area contributed by atoms with E-state index in [-0.39, 0.29) is 0 Å². The van der Waals surface area contributed by atoms with Crippen molar-refractivity contribution in [3.63, 3.8) is 0 Å². The second kappa shape index (κ2) is 2.82. The topological polar surface area (TPSA) is 9.23 Å². The van der Waals surface area contributed by atoms with E-state index in [0.717, 1.165) is 0 Å². The van der Waals surface area contributed by atoms with Crippen molar-refractivity contribution in [3.8, 4) is 0 Å². The Bertz CT molecular complexity index is 173. The molecule has 0 aromatic carbocycles. The van der Waals surface area contributed by atoms with Crippen molar-refractivity contribution in [1.29, 1.82) is 0 Å². The van der Waals surface area contributed by atoms with Gasteiger partial charge in [-0.3, -0.25) is 0 Å². The van der Waals surface area contributed by atoms with E-state index in [0.29, 0.717) is 10.1 Å². The molecular formula is C5H3Cl3O. The Labute approximate surface area is 67.8 Å². The monoisotopic (exact) mass is 184 g/mol. The van der Waals surface area contributed by atoms with E-state index in [9.17, 15) is 0 Å². The van der Waals surface area contributed by atoms with Gasteiger partial charge < -0.3 is 4.74 Å². The fraction of sp³-hybridized carbons (Fsp3) is 0.200. The van der Waals surface area contributed by atoms with Crippen molar-refractivity contribution >= 4 is 34.8 Å². The van der Waals surface area contributed by atoms with Crippen LogP contribution >= 0.6 is 34.8 Å². The standard InChI is InChI=1S/C5H3Cl3O/c6-3-1-5(8)9-2-4(3)7/h1-2,5H. The summed E-state index contributed by atoms with van der Waals surface area (Å²) in [5.41, 5.74) is -0.486. The predicted molar refractivity (Wildman–Crippen MR) is 38.6 cm³/mol. The second-order valence-corrected chi connectivity index (χ2v) is 2.71. The molecule has 0 spiro atoms. The van der Waals surface area contributed by atoms with Crippen LogP contribution in [0.15, 0.2) is 22.4 Å². The first kappa shape index (κ1) is 7.26. The summed E-state index contributed by atoms with van der Waals surface area (Å²) < 4.78 is 4.77. The summed E-state index contributed by atoms with van der Waals surface area (Å²) in [6, 6.07) is 0. The van der Waals surface area contributed by atoms with Gasteiger partial charge in [-0.25, -0.2) is 0 Å². The largest absolute Gasteiger partial charge is 0.477 e. The Hall–Kier alpha value is 0.150. The van der Waals surface area contributed by atoms with Gasteiger partial charge in [0, 0.05) is 0 Å². The van der Waals surface area contributed by atoms with Crippen LogP contribution in [-0.4, -0.2) is 5.56 Å². The molecule has 50 valence electrons. The van der Waals surface area contributed by atoms with Crippen molar-refractivity contribution in [3.05, 3.63) is 22.4 Å². The minimum absolute atomic E-state index is 0.383. The molecule has 1 heterocycles. The zero-order valence-electron chi connectivity index (χ0n) is 4.27. The van der Waals surface area contributed by atoms with Gasteiger partial charge in [-0.2, -0.15) is 0 Å². The second-order valence-electron chi connectivity index (χ2n) is 1.47. The zero-order chi connectivity index (χ0) is 6.85. The van der Waals surface area contributed by atoms with Crippen molar-refractivity contribution in [2.75, 3.05) is 0 Å². The lowest BCUT2D eigenvalue weighted by Crippen LogP contribution is -2.00. The molecule has 1 aliphatic rings. The Morgan fingerprint density at radius 2 is 2.00 bits per heavy atom. The van der Waals surface area contributed by atoms with E-state index in [2.05, 4.69) is 0 Å². The molecule has 0 bridgehead atoms. The molecule has 0 radical (unpaired) electrons. The first-order chi connectivity index (χ1) is 4.20. The summed E-state index contributed by atoms with van der Waals surface area (Å²) >= 11 is 16.6. The molecule has 0 aromatic rings. The van der Waals surface area contributed by atoms with E-state index in [1.807, 2.05) is 0 Å². The average Bonchev–Trinajstić information content (AvgIpc) is 1.80. The number of hydrogen-bond donors (Lipinski definition) is 0. The van der Waals surface area contributed by atoms with Gasteiger partial charge in [-0.15, -0.1) is 0 Å². The fourth-order valence-corrected chi connectivity index (χ4v) is 0.930. The number of allylic oxidation sites excluding steroid dienone is 2. The average molecular weight is 185 g/mol. The quantitative estimate of drug-likeness (QED) is 0.527. The molecule has 0 saturated heterocycles. The van der Waals surface area contributed by atoms with Crippen LogP contribution in [0.2, 0.25) is 0 Å². The van der Waals surface area contributed by atoms with Gasteiger partial charge in [-0.1, -0.05) is 34.8 Å². The van der Waals surface area contributed by atoms with Crippen LogP contribution in [0.25, 0.3) is 0 Å². The van der Waals surface area contributed by atoms with E-state index < -0.39 is 5.56 Å². The van der Waals surface area contributed by atoms with Crippen molar-refractivity contribution in [2.24, 2.45) is 0 Å². The van der Waals surface area contributed by atoms with Crippen LogP contribution in [0.3, 0.4) is 0 Å². The summed E-state index contributed by atoms with van der Waals surface area (Å²) in [6.45, 7) is 0. The Balaban J connectivity index is 2.75. The highest BCUT2D eigenvalue weighted by Gasteiger charge is 2.09. The van der Waals surface area contributed by atoms with Gasteiger partial charge in [0.2, 0.25) is 0 Å². The summed E-state index contributed by atoms with van der Waals surface area (Å²) in [4.78, 5) is 0. The van der Waals surface area contributed by atoms with Gasteiger partial charge in [0.15, 0.2) is 5.56 Å². The maximum absolute atomic E-state index is 5.56. The zero-order valence-corrected chi connectivity index (χ0v) is 6.54. The predicted octanol–water partition coefficient (Wildman–Crippen LogP) is 2.78. The van der Waals surface area contributed by atoms with Crippen LogP contribution in [0, 0.1) is 0 Å². The lowest BCUT2D eigenvalue weighted by atomic mass is 10.4. The summed E-state index contributed by atoms with van der Waals surface area (Å²) in [7, 11) is 0. The lowest BCUT2D eigenvalue weighted by Gasteiger charge is -2.10. The highest BCUT2D eigenvalue weighted by Crippen LogP contribution is 2.25. The SMILES string of the molecule is ClC1=COC(Cl)C=C1Cl. The summed E-state index contributed by atoms with van der Waals surface area (Å²) in [6.07, 6.45) is 2.84. The number of rotatable bonds is 0. The number of halogens is 3. The number of hydrogen-bond acceptors (Lipinski definition) is 1. The van der Waals surface area contributed by atoms with Crippen LogP contribution in [0.5, 0.6) is 0 Å². The molecule has 0 N–H and O–H groups in total. The minimum atomic E-state index is -0.486. The third kappa shape index (κ3) is 1.78. The molecule has 0 aliphatic carbocycles. The molecule has 0 amide bonds. The van der Waals surface area contributed by atoms with Gasteiger partial charge in [-0.05, 0) is 6.08 Å². The number of alkyl halides is 1. The third-order valence-electron chi connectivity index (χ3n) is 0.807. The lowest BCUT2D eigenvalue weighted by molar-refractivity contribution is 0.250. The van der Waals surface area contributed by atoms with E-state index in [1.165, 1.54) is 12.3 Å². The minimum Gasteiger partial charge on any atom is -0.477 e. The molecule has 1 nitrogen and oxygen atoms in total.